The Labute approximate surface area is 53.4 Å². The van der Waals surface area contributed by atoms with Gasteiger partial charge in [0.25, 0.3) is 5.88 Å². The fourth-order valence-electron chi connectivity index (χ4n) is 0.574. The predicted octanol–water partition coefficient (Wildman–Crippen LogP) is 0.132. The minimum absolute atomic E-state index is 0.595. The maximum Gasteiger partial charge on any atom is 0.256 e. The molecule has 0 amide bonds. The Bertz CT molecular complexity index is 206. The lowest BCUT2D eigenvalue weighted by atomic mass is 10.5. The number of nitrogens with zero attached hydrogens (tertiary/aromatic N) is 3. The molecule has 0 N–H and O–H groups in total. The third kappa shape index (κ3) is 0.872. The van der Waals surface area contributed by atoms with Crippen molar-refractivity contribution in [1.29, 1.82) is 0 Å². The van der Waals surface area contributed by atoms with Crippen LogP contribution in [0.3, 0.4) is 0 Å². The Morgan fingerprint density at radius 3 is 2.44 bits per heavy atom. The van der Waals surface area contributed by atoms with E-state index in [4.69, 9.17) is 4.74 Å². The molecule has 0 atom stereocenters. The smallest absolute Gasteiger partial charge is 0.256 e. The van der Waals surface area contributed by atoms with E-state index < -0.39 is 0 Å². The second-order valence-electron chi connectivity index (χ2n) is 1.81. The van der Waals surface area contributed by atoms with E-state index in [1.807, 2.05) is 14.0 Å². The van der Waals surface area contributed by atoms with Crippen molar-refractivity contribution in [3.05, 3.63) is 5.69 Å². The molecule has 0 aromatic carbocycles. The van der Waals surface area contributed by atoms with E-state index in [1.165, 1.54) is 0 Å². The molecule has 1 rings (SSSR count). The Balaban J connectivity index is 3.04. The number of aryl methyl sites for hydroxylation is 1. The summed E-state index contributed by atoms with van der Waals surface area (Å²) in [5, 5.41) is 7.45. The molecule has 0 aliphatic rings. The molecule has 0 radical (unpaired) electrons. The summed E-state index contributed by atoms with van der Waals surface area (Å²) in [5.74, 6) is 0.595. The van der Waals surface area contributed by atoms with Gasteiger partial charge in [0, 0.05) is 7.05 Å². The minimum atomic E-state index is 0.595. The molecule has 1 heterocycles. The summed E-state index contributed by atoms with van der Waals surface area (Å²) in [5.41, 5.74) is 0.942. The van der Waals surface area contributed by atoms with Gasteiger partial charge in [-0.2, -0.15) is 0 Å². The lowest BCUT2D eigenvalue weighted by Crippen LogP contribution is -1.92. The second kappa shape index (κ2) is 2.05. The lowest BCUT2D eigenvalue weighted by molar-refractivity contribution is 0.394. The first-order chi connectivity index (χ1) is 4.25. The van der Waals surface area contributed by atoms with Gasteiger partial charge in [-0.3, -0.25) is 0 Å². The van der Waals surface area contributed by atoms with E-state index in [1.54, 1.807) is 11.8 Å². The predicted molar refractivity (Wildman–Crippen MR) is 32.3 cm³/mol. The third-order valence-electron chi connectivity index (χ3n) is 1.26. The molecule has 0 bridgehead atoms. The highest BCUT2D eigenvalue weighted by Crippen LogP contribution is 2.08. The zero-order valence-corrected chi connectivity index (χ0v) is 5.75. The Morgan fingerprint density at radius 1 is 1.56 bits per heavy atom. The van der Waals surface area contributed by atoms with Gasteiger partial charge in [-0.15, -0.1) is 0 Å². The SMILES string of the molecule is COc1nnn(C)c1C. The molecule has 4 nitrogen and oxygen atoms in total. The van der Waals surface area contributed by atoms with Crippen LogP contribution in [0.15, 0.2) is 0 Å². The van der Waals surface area contributed by atoms with Crippen LogP contribution in [0.2, 0.25) is 0 Å². The molecule has 0 spiro atoms. The van der Waals surface area contributed by atoms with Gasteiger partial charge in [0.05, 0.1) is 12.8 Å². The first-order valence-corrected chi connectivity index (χ1v) is 2.66. The van der Waals surface area contributed by atoms with Crippen LogP contribution >= 0.6 is 0 Å². The molecule has 0 aliphatic carbocycles. The molecule has 0 fully saturated rings. The van der Waals surface area contributed by atoms with Crippen LogP contribution < -0.4 is 4.74 Å². The van der Waals surface area contributed by atoms with Crippen LogP contribution in [0.1, 0.15) is 5.69 Å². The van der Waals surface area contributed by atoms with Crippen LogP contribution in [0, 0.1) is 6.92 Å². The van der Waals surface area contributed by atoms with Crippen LogP contribution in [-0.4, -0.2) is 22.1 Å². The molecule has 1 aromatic heterocycles. The van der Waals surface area contributed by atoms with Crippen LogP contribution in [-0.2, 0) is 7.05 Å². The Hall–Kier alpha value is -1.06. The summed E-state index contributed by atoms with van der Waals surface area (Å²) < 4.78 is 6.54. The van der Waals surface area contributed by atoms with Crippen molar-refractivity contribution < 1.29 is 4.74 Å². The van der Waals surface area contributed by atoms with E-state index >= 15 is 0 Å². The molecular weight excluding hydrogens is 118 g/mol. The summed E-state index contributed by atoms with van der Waals surface area (Å²) in [6.07, 6.45) is 0. The quantitative estimate of drug-likeness (QED) is 0.538. The second-order valence-corrected chi connectivity index (χ2v) is 1.81. The van der Waals surface area contributed by atoms with Crippen molar-refractivity contribution in [3.63, 3.8) is 0 Å². The van der Waals surface area contributed by atoms with Crippen LogP contribution in [0.25, 0.3) is 0 Å². The van der Waals surface area contributed by atoms with Gasteiger partial charge in [-0.25, -0.2) is 4.68 Å². The summed E-state index contributed by atoms with van der Waals surface area (Å²) in [6, 6.07) is 0. The van der Waals surface area contributed by atoms with Crippen molar-refractivity contribution in [3.8, 4) is 5.88 Å². The number of rotatable bonds is 1. The van der Waals surface area contributed by atoms with Gasteiger partial charge in [0.1, 0.15) is 0 Å². The molecule has 0 saturated carbocycles. The van der Waals surface area contributed by atoms with Gasteiger partial charge in [-0.05, 0) is 6.92 Å². The van der Waals surface area contributed by atoms with Crippen molar-refractivity contribution >= 4 is 0 Å². The number of hydrogen-bond donors (Lipinski definition) is 0. The van der Waals surface area contributed by atoms with Crippen LogP contribution in [0.4, 0.5) is 0 Å². The molecular formula is C5H9N3O. The zero-order chi connectivity index (χ0) is 6.85. The molecule has 0 saturated heterocycles. The van der Waals surface area contributed by atoms with Gasteiger partial charge >= 0.3 is 0 Å². The molecule has 0 unspecified atom stereocenters. The Kier molecular flexibility index (Phi) is 1.38. The third-order valence-corrected chi connectivity index (χ3v) is 1.26. The minimum Gasteiger partial charge on any atom is -0.479 e. The average Bonchev–Trinajstić information content (AvgIpc) is 2.15. The number of hydrogen-bond acceptors (Lipinski definition) is 3. The van der Waals surface area contributed by atoms with Gasteiger partial charge in [0.2, 0.25) is 0 Å². The lowest BCUT2D eigenvalue weighted by Gasteiger charge is -1.92. The molecule has 0 aliphatic heterocycles. The summed E-state index contributed by atoms with van der Waals surface area (Å²) in [4.78, 5) is 0. The van der Waals surface area contributed by atoms with Gasteiger partial charge < -0.3 is 4.74 Å². The number of aromatic nitrogens is 3. The van der Waals surface area contributed by atoms with E-state index in [9.17, 15) is 0 Å². The average molecular weight is 127 g/mol. The number of ether oxygens (including phenoxy) is 1. The maximum atomic E-state index is 4.87. The van der Waals surface area contributed by atoms with E-state index in [2.05, 4.69) is 10.3 Å². The van der Waals surface area contributed by atoms with Crippen LogP contribution in [0.5, 0.6) is 5.88 Å². The summed E-state index contributed by atoms with van der Waals surface area (Å²) >= 11 is 0. The van der Waals surface area contributed by atoms with Crippen molar-refractivity contribution in [2.75, 3.05) is 7.11 Å². The van der Waals surface area contributed by atoms with E-state index in [0.29, 0.717) is 5.88 Å². The standard InChI is InChI=1S/C5H9N3O/c1-4-5(9-3)6-7-8(4)2/h1-3H3. The van der Waals surface area contributed by atoms with E-state index in [-0.39, 0.29) is 0 Å². The highest BCUT2D eigenvalue weighted by atomic mass is 16.5. The number of methoxy groups -OCH3 is 1. The van der Waals surface area contributed by atoms with Gasteiger partial charge in [0.15, 0.2) is 0 Å². The van der Waals surface area contributed by atoms with Crippen molar-refractivity contribution in [2.24, 2.45) is 7.05 Å². The first kappa shape index (κ1) is 6.07. The summed E-state index contributed by atoms with van der Waals surface area (Å²) in [7, 11) is 3.40. The van der Waals surface area contributed by atoms with Crippen molar-refractivity contribution in [2.45, 2.75) is 6.92 Å². The van der Waals surface area contributed by atoms with E-state index in [0.717, 1.165) is 5.69 Å². The van der Waals surface area contributed by atoms with Gasteiger partial charge in [-0.1, -0.05) is 10.3 Å². The fourth-order valence-corrected chi connectivity index (χ4v) is 0.574. The Morgan fingerprint density at radius 2 is 2.22 bits per heavy atom. The topological polar surface area (TPSA) is 39.9 Å². The fraction of sp³-hybridized carbons (Fsp3) is 0.600. The maximum absolute atomic E-state index is 4.87. The molecule has 1 aromatic rings. The molecule has 4 heteroatoms. The van der Waals surface area contributed by atoms with Crippen molar-refractivity contribution in [1.82, 2.24) is 15.0 Å². The zero-order valence-electron chi connectivity index (χ0n) is 5.75. The monoisotopic (exact) mass is 127 g/mol. The first-order valence-electron chi connectivity index (χ1n) is 2.66. The largest absolute Gasteiger partial charge is 0.479 e. The summed E-state index contributed by atoms with van der Waals surface area (Å²) in [6.45, 7) is 1.90. The highest BCUT2D eigenvalue weighted by molar-refractivity contribution is 5.13. The normalized spacial score (nSPS) is 9.67. The highest BCUT2D eigenvalue weighted by Gasteiger charge is 2.02. The molecule has 9 heavy (non-hydrogen) atoms. The molecule has 50 valence electrons.